The van der Waals surface area contributed by atoms with Crippen LogP contribution < -0.4 is 10.3 Å². The van der Waals surface area contributed by atoms with Crippen LogP contribution in [0.4, 0.5) is 8.78 Å². The van der Waals surface area contributed by atoms with E-state index < -0.39 is 12.6 Å². The van der Waals surface area contributed by atoms with Crippen LogP contribution in [0.15, 0.2) is 59.4 Å². The van der Waals surface area contributed by atoms with Gasteiger partial charge in [0.05, 0.1) is 10.6 Å². The van der Waals surface area contributed by atoms with Crippen molar-refractivity contribution in [2.45, 2.75) is 38.8 Å². The summed E-state index contributed by atoms with van der Waals surface area (Å²) in [7, 11) is 0. The maximum atomic E-state index is 12.7. The molecule has 0 amide bonds. The van der Waals surface area contributed by atoms with Crippen LogP contribution in [0.3, 0.4) is 0 Å². The maximum Gasteiger partial charge on any atom is 0.387 e. The predicted molar refractivity (Wildman–Crippen MR) is 123 cm³/mol. The summed E-state index contributed by atoms with van der Waals surface area (Å²) in [4.78, 5) is 23.7. The molecular weight excluding hydrogens is 475 g/mol. The minimum absolute atomic E-state index is 0.0156. The second-order valence-electron chi connectivity index (χ2n) is 7.38. The Morgan fingerprint density at radius 2 is 1.70 bits per heavy atom. The lowest BCUT2D eigenvalue weighted by molar-refractivity contribution is -0.0498. The highest BCUT2D eigenvalue weighted by Crippen LogP contribution is 2.22. The van der Waals surface area contributed by atoms with E-state index in [0.717, 1.165) is 11.1 Å². The quantitative estimate of drug-likeness (QED) is 0.381. The molecule has 174 valence electrons. The minimum atomic E-state index is -2.89. The highest BCUT2D eigenvalue weighted by Gasteiger charge is 2.14. The van der Waals surface area contributed by atoms with Gasteiger partial charge in [0.2, 0.25) is 0 Å². The summed E-state index contributed by atoms with van der Waals surface area (Å²) in [6.07, 6.45) is 2.15. The number of aromatic nitrogens is 1. The molecule has 0 fully saturated rings. The molecule has 0 saturated carbocycles. The first kappa shape index (κ1) is 24.7. The molecule has 0 unspecified atom stereocenters. The zero-order valence-electron chi connectivity index (χ0n) is 17.4. The molecule has 33 heavy (non-hydrogen) atoms. The molecule has 9 heteroatoms. The van der Waals surface area contributed by atoms with Gasteiger partial charge in [0.15, 0.2) is 0 Å². The second-order valence-corrected chi connectivity index (χ2v) is 8.19. The van der Waals surface area contributed by atoms with Crippen molar-refractivity contribution in [3.05, 3.63) is 97.4 Å². The molecule has 2 aromatic carbocycles. The molecule has 0 aliphatic rings. The van der Waals surface area contributed by atoms with E-state index in [-0.39, 0.29) is 21.9 Å². The summed E-state index contributed by atoms with van der Waals surface area (Å²) >= 11 is 12.5. The molecule has 5 nitrogen and oxygen atoms in total. The van der Waals surface area contributed by atoms with Crippen molar-refractivity contribution in [2.24, 2.45) is 0 Å². The lowest BCUT2D eigenvalue weighted by Gasteiger charge is -2.16. The van der Waals surface area contributed by atoms with Crippen molar-refractivity contribution in [1.82, 2.24) is 4.57 Å². The number of alkyl halides is 2. The van der Waals surface area contributed by atoms with E-state index in [1.165, 1.54) is 28.8 Å². The first-order chi connectivity index (χ1) is 15.7. The Kier molecular flexibility index (Phi) is 8.47. The average molecular weight is 496 g/mol. The third-order valence-corrected chi connectivity index (χ3v) is 5.73. The Labute approximate surface area is 199 Å². The zero-order chi connectivity index (χ0) is 24.0. The van der Waals surface area contributed by atoms with E-state index in [4.69, 9.17) is 28.3 Å². The lowest BCUT2D eigenvalue weighted by Crippen LogP contribution is -2.25. The van der Waals surface area contributed by atoms with Gasteiger partial charge < -0.3 is 14.4 Å². The van der Waals surface area contributed by atoms with Gasteiger partial charge in [0.1, 0.15) is 10.8 Å². The van der Waals surface area contributed by atoms with Gasteiger partial charge >= 0.3 is 12.6 Å². The van der Waals surface area contributed by atoms with Crippen LogP contribution in [0.5, 0.6) is 5.75 Å². The number of aromatic carboxylic acids is 1. The molecule has 1 aromatic heterocycles. The molecule has 3 aromatic rings. The van der Waals surface area contributed by atoms with Crippen molar-refractivity contribution in [3.63, 3.8) is 0 Å². The van der Waals surface area contributed by atoms with Gasteiger partial charge in [-0.1, -0.05) is 47.5 Å². The van der Waals surface area contributed by atoms with E-state index >= 15 is 0 Å². The number of benzene rings is 2. The van der Waals surface area contributed by atoms with Gasteiger partial charge in [0.25, 0.3) is 5.56 Å². The molecule has 1 heterocycles. The number of carbonyl (C=O) groups is 1. The fourth-order valence-electron chi connectivity index (χ4n) is 3.52. The fraction of sp³-hybridized carbons (Fsp3) is 0.250. The first-order valence-electron chi connectivity index (χ1n) is 10.2. The number of rotatable bonds is 10. The Morgan fingerprint density at radius 3 is 2.36 bits per heavy atom. The van der Waals surface area contributed by atoms with E-state index in [9.17, 15) is 18.4 Å². The van der Waals surface area contributed by atoms with Gasteiger partial charge in [-0.15, -0.1) is 0 Å². The van der Waals surface area contributed by atoms with Gasteiger partial charge in [-0.2, -0.15) is 8.78 Å². The summed E-state index contributed by atoms with van der Waals surface area (Å²) in [6.45, 7) is -2.57. The van der Waals surface area contributed by atoms with Gasteiger partial charge in [-0.3, -0.25) is 4.79 Å². The van der Waals surface area contributed by atoms with Crippen LogP contribution in [0.25, 0.3) is 0 Å². The number of hydrogen-bond acceptors (Lipinski definition) is 3. The fourth-order valence-corrected chi connectivity index (χ4v) is 4.09. The number of pyridine rings is 1. The summed E-state index contributed by atoms with van der Waals surface area (Å²) in [5, 5.41) is 9.41. The van der Waals surface area contributed by atoms with E-state index in [1.807, 2.05) is 6.07 Å². The van der Waals surface area contributed by atoms with Crippen LogP contribution in [-0.2, 0) is 25.8 Å². The number of aryl methyl sites for hydroxylation is 2. The number of hydrogen-bond donors (Lipinski definition) is 1. The number of carboxylic acids is 1. The van der Waals surface area contributed by atoms with Crippen LogP contribution in [-0.4, -0.2) is 22.3 Å². The smallest absolute Gasteiger partial charge is 0.387 e. The molecule has 1 N–H and O–H groups in total. The molecule has 0 saturated heterocycles. The van der Waals surface area contributed by atoms with E-state index in [1.54, 1.807) is 24.3 Å². The molecule has 0 spiro atoms. The van der Waals surface area contributed by atoms with Crippen LogP contribution >= 0.6 is 23.2 Å². The largest absolute Gasteiger partial charge is 0.478 e. The highest BCUT2D eigenvalue weighted by atomic mass is 35.5. The van der Waals surface area contributed by atoms with Crippen LogP contribution in [0, 0.1) is 0 Å². The molecule has 3 rings (SSSR count). The molecule has 0 bridgehead atoms. The Bertz CT molecular complexity index is 1180. The molecule has 0 radical (unpaired) electrons. The Balaban J connectivity index is 1.72. The molecule has 0 aliphatic carbocycles. The van der Waals surface area contributed by atoms with Crippen molar-refractivity contribution in [1.29, 1.82) is 0 Å². The molecule has 0 aliphatic heterocycles. The maximum absolute atomic E-state index is 12.7. The highest BCUT2D eigenvalue weighted by molar-refractivity contribution is 6.34. The third-order valence-electron chi connectivity index (χ3n) is 5.13. The van der Waals surface area contributed by atoms with Gasteiger partial charge in [-0.25, -0.2) is 4.79 Å². The van der Waals surface area contributed by atoms with Crippen LogP contribution in [0.2, 0.25) is 10.0 Å². The third kappa shape index (κ3) is 6.79. The first-order valence-corrected chi connectivity index (χ1v) is 10.9. The second kappa shape index (κ2) is 11.3. The van der Waals surface area contributed by atoms with Crippen molar-refractivity contribution < 1.29 is 23.4 Å². The lowest BCUT2D eigenvalue weighted by atomic mass is 10.1. The minimum Gasteiger partial charge on any atom is -0.478 e. The normalized spacial score (nSPS) is 11.1. The zero-order valence-corrected chi connectivity index (χ0v) is 19.0. The van der Waals surface area contributed by atoms with Crippen LogP contribution in [0.1, 0.15) is 33.6 Å². The Morgan fingerprint density at radius 1 is 0.970 bits per heavy atom. The monoisotopic (exact) mass is 495 g/mol. The summed E-state index contributed by atoms with van der Waals surface area (Å²) in [5.74, 6) is -0.911. The molecular formula is C24H21Cl2F2NO4. The topological polar surface area (TPSA) is 68.5 Å². The van der Waals surface area contributed by atoms with E-state index in [2.05, 4.69) is 4.74 Å². The van der Waals surface area contributed by atoms with Gasteiger partial charge in [0, 0.05) is 12.2 Å². The SMILES string of the molecule is O=C(O)c1ccc(CCn2c(CCCc3cccc(OC(F)F)c3)c(Cl)cc(Cl)c2=O)cc1. The van der Waals surface area contributed by atoms with Crippen molar-refractivity contribution >= 4 is 29.2 Å². The number of halogens is 4. The summed E-state index contributed by atoms with van der Waals surface area (Å²) in [5.41, 5.74) is 2.15. The summed E-state index contributed by atoms with van der Waals surface area (Å²) < 4.78 is 30.8. The van der Waals surface area contributed by atoms with Crippen molar-refractivity contribution in [2.75, 3.05) is 0 Å². The van der Waals surface area contributed by atoms with Crippen molar-refractivity contribution in [3.8, 4) is 5.75 Å². The van der Waals surface area contributed by atoms with E-state index in [0.29, 0.717) is 42.9 Å². The number of carboxylic acid groups (broad SMARTS) is 1. The Hall–Kier alpha value is -2.90. The number of ether oxygens (including phenoxy) is 1. The predicted octanol–water partition coefficient (Wildman–Crippen LogP) is 5.87. The molecule has 0 atom stereocenters. The summed E-state index contributed by atoms with van der Waals surface area (Å²) in [6, 6.07) is 14.3. The number of nitrogens with zero attached hydrogens (tertiary/aromatic N) is 1. The standard InChI is InChI=1S/C24H21Cl2F2NO4/c25-19-14-20(26)22(30)29(12-11-15-7-9-17(10-8-15)23(31)32)21(19)6-2-4-16-3-1-5-18(13-16)33-24(27)28/h1,3,5,7-10,13-14,24H,2,4,6,11-12H2,(H,31,32). The average Bonchev–Trinajstić information content (AvgIpc) is 2.77. The van der Waals surface area contributed by atoms with Gasteiger partial charge in [-0.05, 0) is 67.1 Å².